The Hall–Kier alpha value is -3.15. The van der Waals surface area contributed by atoms with Gasteiger partial charge in [-0.05, 0) is 62.8 Å². The Morgan fingerprint density at radius 3 is 2.57 bits per heavy atom. The van der Waals surface area contributed by atoms with E-state index in [1.54, 1.807) is 6.92 Å². The van der Waals surface area contributed by atoms with Gasteiger partial charge in [0.1, 0.15) is 5.56 Å². The standard InChI is InChI=1S/C24H28N4O2/c1-14-6-8-17(9-7-14)28-20-12-24(4,5)11-19(18(20)13-25-28)27-23(30)21-15(2)10-16(3)26-22(21)29/h6-10,13,19H,11-12H2,1-5H3,(H,26,29)(H,27,30). The number of aromatic amines is 1. The maximum atomic E-state index is 13.0. The summed E-state index contributed by atoms with van der Waals surface area (Å²) in [5.41, 5.74) is 5.57. The van der Waals surface area contributed by atoms with Gasteiger partial charge in [-0.1, -0.05) is 31.5 Å². The molecule has 2 heterocycles. The summed E-state index contributed by atoms with van der Waals surface area (Å²) in [5, 5.41) is 7.75. The van der Waals surface area contributed by atoms with E-state index in [4.69, 9.17) is 0 Å². The highest BCUT2D eigenvalue weighted by Gasteiger charge is 2.36. The van der Waals surface area contributed by atoms with Gasteiger partial charge in [-0.2, -0.15) is 5.10 Å². The van der Waals surface area contributed by atoms with Crippen molar-refractivity contribution in [1.29, 1.82) is 0 Å². The minimum atomic E-state index is -0.351. The summed E-state index contributed by atoms with van der Waals surface area (Å²) in [6.07, 6.45) is 3.50. The normalized spacial score (nSPS) is 17.4. The quantitative estimate of drug-likeness (QED) is 0.694. The molecule has 6 heteroatoms. The summed E-state index contributed by atoms with van der Waals surface area (Å²) in [6.45, 7) is 10.1. The monoisotopic (exact) mass is 404 g/mol. The lowest BCUT2D eigenvalue weighted by Crippen LogP contribution is -2.39. The average Bonchev–Trinajstić information content (AvgIpc) is 3.04. The summed E-state index contributed by atoms with van der Waals surface area (Å²) in [5.74, 6) is -0.342. The van der Waals surface area contributed by atoms with Crippen molar-refractivity contribution in [3.8, 4) is 5.69 Å². The Bertz CT molecular complexity index is 1170. The number of carbonyl (C=O) groups excluding carboxylic acids is 1. The fourth-order valence-electron chi connectivity index (χ4n) is 4.45. The topological polar surface area (TPSA) is 79.8 Å². The smallest absolute Gasteiger partial charge is 0.261 e. The number of rotatable bonds is 3. The molecule has 1 unspecified atom stereocenters. The molecule has 1 aromatic carbocycles. The van der Waals surface area contributed by atoms with Crippen molar-refractivity contribution >= 4 is 5.91 Å². The van der Waals surface area contributed by atoms with Crippen LogP contribution >= 0.6 is 0 Å². The molecule has 2 aromatic heterocycles. The first-order valence-electron chi connectivity index (χ1n) is 10.3. The van der Waals surface area contributed by atoms with E-state index in [9.17, 15) is 9.59 Å². The molecule has 2 N–H and O–H groups in total. The fourth-order valence-corrected chi connectivity index (χ4v) is 4.45. The van der Waals surface area contributed by atoms with Crippen LogP contribution in [-0.2, 0) is 6.42 Å². The second-order valence-corrected chi connectivity index (χ2v) is 9.20. The van der Waals surface area contributed by atoms with Gasteiger partial charge in [0, 0.05) is 11.3 Å². The number of aryl methyl sites for hydroxylation is 3. The van der Waals surface area contributed by atoms with E-state index in [0.717, 1.165) is 35.5 Å². The lowest BCUT2D eigenvalue weighted by Gasteiger charge is -2.36. The molecule has 0 aliphatic heterocycles. The van der Waals surface area contributed by atoms with Crippen LogP contribution < -0.4 is 10.9 Å². The molecule has 0 saturated carbocycles. The molecule has 3 aromatic rings. The maximum Gasteiger partial charge on any atom is 0.261 e. The Labute approximate surface area is 176 Å². The molecule has 0 saturated heterocycles. The maximum absolute atomic E-state index is 13.0. The molecule has 4 rings (SSSR count). The average molecular weight is 405 g/mol. The zero-order valence-electron chi connectivity index (χ0n) is 18.2. The molecule has 0 spiro atoms. The van der Waals surface area contributed by atoms with Crippen LogP contribution in [0.4, 0.5) is 0 Å². The highest BCUT2D eigenvalue weighted by atomic mass is 16.2. The van der Waals surface area contributed by atoms with E-state index < -0.39 is 0 Å². The van der Waals surface area contributed by atoms with Gasteiger partial charge in [0.05, 0.1) is 23.6 Å². The first-order chi connectivity index (χ1) is 14.1. The van der Waals surface area contributed by atoms with Gasteiger partial charge in [0.25, 0.3) is 11.5 Å². The van der Waals surface area contributed by atoms with Crippen molar-refractivity contribution in [3.05, 3.63) is 80.5 Å². The number of aromatic nitrogens is 3. The summed E-state index contributed by atoms with van der Waals surface area (Å²) in [6, 6.07) is 9.89. The van der Waals surface area contributed by atoms with Gasteiger partial charge in [0.2, 0.25) is 0 Å². The SMILES string of the molecule is Cc1ccc(-n2ncc3c2CC(C)(C)CC3NC(=O)c2c(C)cc(C)[nH]c2=O)cc1. The van der Waals surface area contributed by atoms with Crippen molar-refractivity contribution < 1.29 is 4.79 Å². The molecule has 30 heavy (non-hydrogen) atoms. The molecular weight excluding hydrogens is 376 g/mol. The van der Waals surface area contributed by atoms with E-state index >= 15 is 0 Å². The minimum Gasteiger partial charge on any atom is -0.345 e. The van der Waals surface area contributed by atoms with E-state index in [-0.39, 0.29) is 28.5 Å². The van der Waals surface area contributed by atoms with Gasteiger partial charge in [-0.3, -0.25) is 9.59 Å². The highest BCUT2D eigenvalue weighted by Crippen LogP contribution is 2.41. The summed E-state index contributed by atoms with van der Waals surface area (Å²) >= 11 is 0. The van der Waals surface area contributed by atoms with Crippen LogP contribution in [0.1, 0.15) is 64.7 Å². The number of hydrogen-bond donors (Lipinski definition) is 2. The minimum absolute atomic E-state index is 0.0117. The van der Waals surface area contributed by atoms with Crippen LogP contribution in [0, 0.1) is 26.2 Å². The second-order valence-electron chi connectivity index (χ2n) is 9.20. The largest absolute Gasteiger partial charge is 0.345 e. The third-order valence-corrected chi connectivity index (χ3v) is 5.86. The van der Waals surface area contributed by atoms with Gasteiger partial charge < -0.3 is 10.3 Å². The van der Waals surface area contributed by atoms with Crippen LogP contribution in [0.3, 0.4) is 0 Å². The number of carbonyl (C=O) groups is 1. The second kappa shape index (κ2) is 7.27. The molecule has 1 aliphatic rings. The Kier molecular flexibility index (Phi) is 4.88. The van der Waals surface area contributed by atoms with Crippen molar-refractivity contribution in [1.82, 2.24) is 20.1 Å². The molecule has 0 radical (unpaired) electrons. The van der Waals surface area contributed by atoms with Crippen LogP contribution in [0.5, 0.6) is 0 Å². The number of amides is 1. The van der Waals surface area contributed by atoms with Gasteiger partial charge in [-0.15, -0.1) is 0 Å². The number of hydrogen-bond acceptors (Lipinski definition) is 3. The van der Waals surface area contributed by atoms with E-state index in [1.807, 2.05) is 23.9 Å². The predicted molar refractivity (Wildman–Crippen MR) is 117 cm³/mol. The van der Waals surface area contributed by atoms with Crippen LogP contribution in [0.2, 0.25) is 0 Å². The van der Waals surface area contributed by atoms with Crippen LogP contribution in [0.15, 0.2) is 41.3 Å². The third-order valence-electron chi connectivity index (χ3n) is 5.86. The number of benzene rings is 1. The summed E-state index contributed by atoms with van der Waals surface area (Å²) in [4.78, 5) is 28.2. The zero-order chi connectivity index (χ0) is 21.6. The molecule has 1 amide bonds. The molecule has 156 valence electrons. The number of nitrogens with zero attached hydrogens (tertiary/aromatic N) is 2. The highest BCUT2D eigenvalue weighted by molar-refractivity contribution is 5.95. The number of H-pyrrole nitrogens is 1. The van der Waals surface area contributed by atoms with E-state index in [1.165, 1.54) is 5.56 Å². The number of pyridine rings is 1. The van der Waals surface area contributed by atoms with Crippen molar-refractivity contribution in [3.63, 3.8) is 0 Å². The molecular formula is C24H28N4O2. The zero-order valence-corrected chi connectivity index (χ0v) is 18.2. The van der Waals surface area contributed by atoms with E-state index in [2.05, 4.69) is 60.4 Å². The molecule has 6 nitrogen and oxygen atoms in total. The van der Waals surface area contributed by atoms with Gasteiger partial charge in [-0.25, -0.2) is 4.68 Å². The molecule has 0 fully saturated rings. The fraction of sp³-hybridized carbons (Fsp3) is 0.375. The Morgan fingerprint density at radius 1 is 1.20 bits per heavy atom. The van der Waals surface area contributed by atoms with Crippen molar-refractivity contribution in [2.45, 2.75) is 53.5 Å². The van der Waals surface area contributed by atoms with Gasteiger partial charge >= 0.3 is 0 Å². The van der Waals surface area contributed by atoms with E-state index in [0.29, 0.717) is 5.56 Å². The summed E-state index contributed by atoms with van der Waals surface area (Å²) < 4.78 is 1.97. The molecule has 1 atom stereocenters. The number of fused-ring (bicyclic) bond motifs is 1. The van der Waals surface area contributed by atoms with Crippen molar-refractivity contribution in [2.75, 3.05) is 0 Å². The number of nitrogens with one attached hydrogen (secondary N) is 2. The third kappa shape index (κ3) is 3.70. The lowest BCUT2D eigenvalue weighted by atomic mass is 9.74. The molecule has 1 aliphatic carbocycles. The van der Waals surface area contributed by atoms with Crippen LogP contribution in [0.25, 0.3) is 5.69 Å². The predicted octanol–water partition coefficient (Wildman–Crippen LogP) is 3.93. The Balaban J connectivity index is 1.70. The van der Waals surface area contributed by atoms with Crippen LogP contribution in [-0.4, -0.2) is 20.7 Å². The van der Waals surface area contributed by atoms with Gasteiger partial charge in [0.15, 0.2) is 0 Å². The first-order valence-corrected chi connectivity index (χ1v) is 10.3. The lowest BCUT2D eigenvalue weighted by molar-refractivity contribution is 0.0917. The Morgan fingerprint density at radius 2 is 1.90 bits per heavy atom. The molecule has 0 bridgehead atoms. The summed E-state index contributed by atoms with van der Waals surface area (Å²) in [7, 11) is 0. The first kappa shape index (κ1) is 20.1. The van der Waals surface area contributed by atoms with Crippen molar-refractivity contribution in [2.24, 2.45) is 5.41 Å².